The largest absolute Gasteiger partial charge is 0.748 e. The number of hydrogen-bond donors (Lipinski definition) is 3. The lowest BCUT2D eigenvalue weighted by Crippen LogP contribution is -2.48. The van der Waals surface area contributed by atoms with E-state index in [0.29, 0.717) is 56.3 Å². The van der Waals surface area contributed by atoms with Crippen LogP contribution in [0.5, 0.6) is 0 Å². The standard InChI is InChI=1S/C21H37N5O7S/c1-26(2,14-6-16-34(31,32)33)15-12-24-21(30)17(22)7-3-4-11-23-18(27)8-5-13-25-19(28)9-10-20(25)29/h9-10,17H,3-8,11-16,22H2,1-2H3,(H2-,23,24,27,30,31,32,33). The first-order valence-corrected chi connectivity index (χ1v) is 13.0. The Labute approximate surface area is 201 Å². The van der Waals surface area contributed by atoms with Crippen molar-refractivity contribution in [3.8, 4) is 0 Å². The minimum Gasteiger partial charge on any atom is -0.748 e. The van der Waals surface area contributed by atoms with Gasteiger partial charge in [0, 0.05) is 43.8 Å². The summed E-state index contributed by atoms with van der Waals surface area (Å²) < 4.78 is 32.5. The van der Waals surface area contributed by atoms with Crippen molar-refractivity contribution in [3.63, 3.8) is 0 Å². The molecule has 12 nitrogen and oxygen atoms in total. The van der Waals surface area contributed by atoms with Crippen LogP contribution in [0.3, 0.4) is 0 Å². The van der Waals surface area contributed by atoms with Crippen molar-refractivity contribution in [1.82, 2.24) is 15.5 Å². The Balaban J connectivity index is 2.08. The molecule has 1 aliphatic heterocycles. The van der Waals surface area contributed by atoms with E-state index in [1.54, 1.807) is 0 Å². The third-order valence-electron chi connectivity index (χ3n) is 5.46. The molecule has 0 bridgehead atoms. The first-order valence-electron chi connectivity index (χ1n) is 11.4. The van der Waals surface area contributed by atoms with Crippen LogP contribution in [0.25, 0.3) is 0 Å². The summed E-state index contributed by atoms with van der Waals surface area (Å²) in [4.78, 5) is 47.9. The molecule has 4 amide bonds. The van der Waals surface area contributed by atoms with Gasteiger partial charge < -0.3 is 25.4 Å². The van der Waals surface area contributed by atoms with Crippen molar-refractivity contribution in [1.29, 1.82) is 0 Å². The lowest BCUT2D eigenvalue weighted by molar-refractivity contribution is -0.889. The highest BCUT2D eigenvalue weighted by Gasteiger charge is 2.22. The number of rotatable bonds is 17. The second-order valence-electron chi connectivity index (χ2n) is 9.01. The summed E-state index contributed by atoms with van der Waals surface area (Å²) >= 11 is 0. The Morgan fingerprint density at radius 1 is 1.03 bits per heavy atom. The molecule has 1 heterocycles. The number of carbonyl (C=O) groups excluding carboxylic acids is 4. The molecule has 0 spiro atoms. The predicted molar refractivity (Wildman–Crippen MR) is 124 cm³/mol. The maximum atomic E-state index is 12.1. The number of nitrogens with two attached hydrogens (primary N) is 1. The van der Waals surface area contributed by atoms with Crippen LogP contribution in [-0.4, -0.2) is 105 Å². The monoisotopic (exact) mass is 503 g/mol. The molecule has 1 unspecified atom stereocenters. The molecule has 0 aliphatic carbocycles. The maximum absolute atomic E-state index is 12.1. The van der Waals surface area contributed by atoms with E-state index in [4.69, 9.17) is 5.73 Å². The summed E-state index contributed by atoms with van der Waals surface area (Å²) in [6, 6.07) is -0.666. The van der Waals surface area contributed by atoms with E-state index in [2.05, 4.69) is 10.6 Å². The van der Waals surface area contributed by atoms with E-state index in [1.807, 2.05) is 14.1 Å². The lowest BCUT2D eigenvalue weighted by atomic mass is 10.1. The fourth-order valence-electron chi connectivity index (χ4n) is 3.38. The molecule has 4 N–H and O–H groups in total. The minimum absolute atomic E-state index is 0.164. The van der Waals surface area contributed by atoms with Crippen molar-refractivity contribution in [2.45, 2.75) is 44.6 Å². The number of likely N-dealkylation sites (N-methyl/N-ethyl adjacent to an activating group) is 1. The van der Waals surface area contributed by atoms with Crippen LogP contribution < -0.4 is 16.4 Å². The molecule has 0 saturated heterocycles. The molecule has 1 aliphatic rings. The average molecular weight is 504 g/mol. The van der Waals surface area contributed by atoms with Crippen molar-refractivity contribution in [2.24, 2.45) is 5.73 Å². The van der Waals surface area contributed by atoms with Crippen LogP contribution in [-0.2, 0) is 29.3 Å². The van der Waals surface area contributed by atoms with Gasteiger partial charge in [0.05, 0.1) is 49.9 Å². The number of hydrogen-bond acceptors (Lipinski definition) is 8. The van der Waals surface area contributed by atoms with E-state index in [0.717, 1.165) is 4.90 Å². The summed E-state index contributed by atoms with van der Waals surface area (Å²) in [6.45, 7) is 2.10. The Bertz CT molecular complexity index is 840. The molecule has 34 heavy (non-hydrogen) atoms. The lowest BCUT2D eigenvalue weighted by Gasteiger charge is -2.30. The molecule has 0 aromatic carbocycles. The SMILES string of the molecule is C[N+](C)(CCCS(=O)(=O)[O-])CCNC(=O)C(N)CCCCNC(=O)CCCN1C(=O)C=CC1=O. The number of nitrogens with zero attached hydrogens (tertiary/aromatic N) is 2. The predicted octanol–water partition coefficient (Wildman–Crippen LogP) is -1.57. The van der Waals surface area contributed by atoms with Crippen LogP contribution >= 0.6 is 0 Å². The van der Waals surface area contributed by atoms with Gasteiger partial charge >= 0.3 is 0 Å². The van der Waals surface area contributed by atoms with Crippen molar-refractivity contribution in [2.75, 3.05) is 52.6 Å². The smallest absolute Gasteiger partial charge is 0.253 e. The molecular formula is C21H37N5O7S. The van der Waals surface area contributed by atoms with E-state index in [9.17, 15) is 32.1 Å². The molecule has 0 saturated carbocycles. The van der Waals surface area contributed by atoms with Crippen LogP contribution in [0.2, 0.25) is 0 Å². The van der Waals surface area contributed by atoms with Crippen molar-refractivity contribution in [3.05, 3.63) is 12.2 Å². The fourth-order valence-corrected chi connectivity index (χ4v) is 3.86. The zero-order chi connectivity index (χ0) is 25.8. The second kappa shape index (κ2) is 14.1. The van der Waals surface area contributed by atoms with E-state index >= 15 is 0 Å². The van der Waals surface area contributed by atoms with Gasteiger partial charge in [0.15, 0.2) is 0 Å². The molecule has 194 valence electrons. The van der Waals surface area contributed by atoms with Gasteiger partial charge in [-0.15, -0.1) is 0 Å². The molecule has 0 fully saturated rings. The zero-order valence-electron chi connectivity index (χ0n) is 20.0. The van der Waals surface area contributed by atoms with Crippen LogP contribution in [0.4, 0.5) is 0 Å². The van der Waals surface area contributed by atoms with E-state index < -0.39 is 21.9 Å². The maximum Gasteiger partial charge on any atom is 0.253 e. The van der Waals surface area contributed by atoms with Gasteiger partial charge in [0.2, 0.25) is 11.8 Å². The van der Waals surface area contributed by atoms with Crippen LogP contribution in [0, 0.1) is 0 Å². The molecule has 0 radical (unpaired) electrons. The zero-order valence-corrected chi connectivity index (χ0v) is 20.8. The number of quaternary nitrogens is 1. The Kier molecular flexibility index (Phi) is 12.3. The quantitative estimate of drug-likeness (QED) is 0.0922. The van der Waals surface area contributed by atoms with E-state index in [-0.39, 0.29) is 43.0 Å². The number of nitrogens with one attached hydrogen (secondary N) is 2. The normalized spacial score (nSPS) is 15.0. The molecule has 0 aromatic rings. The molecular weight excluding hydrogens is 466 g/mol. The highest BCUT2D eigenvalue weighted by Crippen LogP contribution is 2.06. The number of imide groups is 1. The van der Waals surface area contributed by atoms with Gasteiger partial charge in [0.1, 0.15) is 0 Å². The first-order chi connectivity index (χ1) is 15.8. The Hall–Kier alpha value is -2.35. The van der Waals surface area contributed by atoms with Crippen LogP contribution in [0.15, 0.2) is 12.2 Å². The van der Waals surface area contributed by atoms with Gasteiger partial charge in [-0.25, -0.2) is 8.42 Å². The number of carbonyl (C=O) groups is 4. The number of amides is 4. The van der Waals surface area contributed by atoms with Crippen molar-refractivity contribution >= 4 is 33.7 Å². The average Bonchev–Trinajstić information content (AvgIpc) is 3.04. The van der Waals surface area contributed by atoms with Gasteiger partial charge in [-0.3, -0.25) is 24.1 Å². The third-order valence-corrected chi connectivity index (χ3v) is 6.25. The van der Waals surface area contributed by atoms with Crippen LogP contribution in [0.1, 0.15) is 38.5 Å². The number of unbranched alkanes of at least 4 members (excludes halogenated alkanes) is 1. The second-order valence-corrected chi connectivity index (χ2v) is 10.5. The molecule has 0 aromatic heterocycles. The molecule has 13 heteroatoms. The highest BCUT2D eigenvalue weighted by molar-refractivity contribution is 7.85. The summed E-state index contributed by atoms with van der Waals surface area (Å²) in [5.74, 6) is -1.55. The topological polar surface area (TPSA) is 179 Å². The fraction of sp³-hybridized carbons (Fsp3) is 0.714. The summed E-state index contributed by atoms with van der Waals surface area (Å²) in [5.41, 5.74) is 5.91. The minimum atomic E-state index is -4.22. The highest BCUT2D eigenvalue weighted by atomic mass is 32.2. The van der Waals surface area contributed by atoms with Gasteiger partial charge in [0.25, 0.3) is 11.8 Å². The third kappa shape index (κ3) is 12.8. The van der Waals surface area contributed by atoms with Crippen molar-refractivity contribution < 1.29 is 36.6 Å². The Morgan fingerprint density at radius 2 is 1.68 bits per heavy atom. The molecule has 1 rings (SSSR count). The van der Waals surface area contributed by atoms with Gasteiger partial charge in [-0.05, 0) is 25.7 Å². The Morgan fingerprint density at radius 3 is 2.29 bits per heavy atom. The van der Waals surface area contributed by atoms with E-state index in [1.165, 1.54) is 12.2 Å². The first kappa shape index (κ1) is 29.7. The van der Waals surface area contributed by atoms with Gasteiger partial charge in [-0.2, -0.15) is 0 Å². The summed E-state index contributed by atoms with van der Waals surface area (Å²) in [7, 11) is -0.438. The summed E-state index contributed by atoms with van der Waals surface area (Å²) in [5, 5.41) is 5.54. The van der Waals surface area contributed by atoms with Gasteiger partial charge in [-0.1, -0.05) is 0 Å². The molecule has 1 atom stereocenters. The summed E-state index contributed by atoms with van der Waals surface area (Å²) in [6.07, 6.45) is 5.07.